The Bertz CT molecular complexity index is 349. The van der Waals surface area contributed by atoms with E-state index >= 15 is 0 Å². The molecule has 0 saturated heterocycles. The van der Waals surface area contributed by atoms with Crippen LogP contribution in [0.2, 0.25) is 0 Å². The first-order valence-electron chi connectivity index (χ1n) is 5.47. The van der Waals surface area contributed by atoms with Gasteiger partial charge in [-0.15, -0.1) is 35.3 Å². The van der Waals surface area contributed by atoms with Crippen molar-refractivity contribution in [1.29, 1.82) is 0 Å². The van der Waals surface area contributed by atoms with Crippen LogP contribution in [0.4, 0.5) is 0 Å². The van der Waals surface area contributed by atoms with Crippen molar-refractivity contribution >= 4 is 41.3 Å². The van der Waals surface area contributed by atoms with E-state index in [9.17, 15) is 0 Å². The van der Waals surface area contributed by atoms with Gasteiger partial charge in [0.2, 0.25) is 0 Å². The third kappa shape index (κ3) is 6.21. The van der Waals surface area contributed by atoms with Crippen molar-refractivity contribution < 1.29 is 0 Å². The van der Waals surface area contributed by atoms with E-state index in [2.05, 4.69) is 34.5 Å². The number of rotatable bonds is 4. The van der Waals surface area contributed by atoms with E-state index < -0.39 is 0 Å². The lowest BCUT2D eigenvalue weighted by Crippen LogP contribution is -2.38. The number of halogens is 1. The zero-order chi connectivity index (χ0) is 12.0. The van der Waals surface area contributed by atoms with E-state index in [1.165, 1.54) is 4.88 Å². The summed E-state index contributed by atoms with van der Waals surface area (Å²) < 4.78 is 0. The van der Waals surface area contributed by atoms with Gasteiger partial charge in [0.1, 0.15) is 0 Å². The summed E-state index contributed by atoms with van der Waals surface area (Å²) in [4.78, 5) is 9.64. The maximum atomic E-state index is 4.21. The number of nitrogens with zero attached hydrogens (tertiary/aromatic N) is 2. The second-order valence-corrected chi connectivity index (χ2v) is 5.00. The standard InChI is InChI=1S/C11H20N4S.HI/c1-8(2)5-13-11(12-4)14-6-10-9(3)15-7-16-10;/h7-8H,5-6H2,1-4H3,(H2,12,13,14);1H. The number of hydrogen-bond donors (Lipinski definition) is 2. The van der Waals surface area contributed by atoms with Gasteiger partial charge < -0.3 is 10.6 Å². The minimum atomic E-state index is 0. The smallest absolute Gasteiger partial charge is 0.191 e. The van der Waals surface area contributed by atoms with Gasteiger partial charge in [-0.25, -0.2) is 4.98 Å². The van der Waals surface area contributed by atoms with Crippen LogP contribution in [0.1, 0.15) is 24.4 Å². The molecule has 1 aromatic rings. The fourth-order valence-corrected chi connectivity index (χ4v) is 1.90. The fourth-order valence-electron chi connectivity index (χ4n) is 1.18. The molecule has 2 N–H and O–H groups in total. The predicted octanol–water partition coefficient (Wildman–Crippen LogP) is 2.39. The second kappa shape index (κ2) is 8.68. The van der Waals surface area contributed by atoms with Crippen LogP contribution in [0, 0.1) is 12.8 Å². The quantitative estimate of drug-likeness (QED) is 0.488. The molecule has 98 valence electrons. The van der Waals surface area contributed by atoms with E-state index in [1.807, 2.05) is 12.4 Å². The molecular weight excluding hydrogens is 347 g/mol. The van der Waals surface area contributed by atoms with Crippen LogP contribution in [0.15, 0.2) is 10.5 Å². The molecule has 0 atom stereocenters. The van der Waals surface area contributed by atoms with Gasteiger partial charge in [-0.3, -0.25) is 4.99 Å². The summed E-state index contributed by atoms with van der Waals surface area (Å²) in [7, 11) is 1.79. The molecule has 0 aliphatic heterocycles. The van der Waals surface area contributed by atoms with Crippen molar-refractivity contribution in [2.24, 2.45) is 10.9 Å². The molecule has 1 aromatic heterocycles. The lowest BCUT2D eigenvalue weighted by Gasteiger charge is -2.12. The normalized spacial score (nSPS) is 11.2. The van der Waals surface area contributed by atoms with E-state index in [-0.39, 0.29) is 24.0 Å². The van der Waals surface area contributed by atoms with Crippen molar-refractivity contribution in [1.82, 2.24) is 15.6 Å². The first-order chi connectivity index (χ1) is 7.63. The highest BCUT2D eigenvalue weighted by Gasteiger charge is 2.03. The predicted molar refractivity (Wildman–Crippen MR) is 85.3 cm³/mol. The maximum Gasteiger partial charge on any atom is 0.191 e. The van der Waals surface area contributed by atoms with E-state index in [1.54, 1.807) is 18.4 Å². The Labute approximate surface area is 124 Å². The number of aromatic nitrogens is 1. The lowest BCUT2D eigenvalue weighted by molar-refractivity contribution is 0.615. The van der Waals surface area contributed by atoms with Crippen LogP contribution in [-0.4, -0.2) is 24.5 Å². The highest BCUT2D eigenvalue weighted by atomic mass is 127. The summed E-state index contributed by atoms with van der Waals surface area (Å²) in [6.45, 7) is 8.09. The number of guanidine groups is 1. The van der Waals surface area contributed by atoms with E-state index in [4.69, 9.17) is 0 Å². The minimum Gasteiger partial charge on any atom is -0.356 e. The van der Waals surface area contributed by atoms with Crippen LogP contribution in [-0.2, 0) is 6.54 Å². The number of thiazole rings is 1. The molecule has 0 bridgehead atoms. The summed E-state index contributed by atoms with van der Waals surface area (Å²) in [6.07, 6.45) is 0. The van der Waals surface area contributed by atoms with Crippen molar-refractivity contribution in [2.75, 3.05) is 13.6 Å². The van der Waals surface area contributed by atoms with Crippen molar-refractivity contribution in [3.8, 4) is 0 Å². The molecule has 0 saturated carbocycles. The third-order valence-corrected chi connectivity index (χ3v) is 3.10. The Hall–Kier alpha value is -0.370. The number of hydrogen-bond acceptors (Lipinski definition) is 3. The Morgan fingerprint density at radius 3 is 2.65 bits per heavy atom. The number of nitrogens with one attached hydrogen (secondary N) is 2. The monoisotopic (exact) mass is 368 g/mol. The molecule has 1 rings (SSSR count). The summed E-state index contributed by atoms with van der Waals surface area (Å²) in [5, 5.41) is 6.55. The molecule has 17 heavy (non-hydrogen) atoms. The first kappa shape index (κ1) is 16.6. The molecule has 4 nitrogen and oxygen atoms in total. The molecule has 0 aliphatic carbocycles. The van der Waals surface area contributed by atoms with Gasteiger partial charge in [0, 0.05) is 18.5 Å². The highest BCUT2D eigenvalue weighted by molar-refractivity contribution is 14.0. The van der Waals surface area contributed by atoms with E-state index in [0.717, 1.165) is 24.7 Å². The molecule has 0 radical (unpaired) electrons. The summed E-state index contributed by atoms with van der Waals surface area (Å²) >= 11 is 1.67. The minimum absolute atomic E-state index is 0. The average molecular weight is 368 g/mol. The van der Waals surface area contributed by atoms with Gasteiger partial charge >= 0.3 is 0 Å². The summed E-state index contributed by atoms with van der Waals surface area (Å²) in [5.41, 5.74) is 2.97. The zero-order valence-corrected chi connectivity index (χ0v) is 13.9. The van der Waals surface area contributed by atoms with Crippen molar-refractivity contribution in [3.63, 3.8) is 0 Å². The van der Waals surface area contributed by atoms with Crippen LogP contribution < -0.4 is 10.6 Å². The van der Waals surface area contributed by atoms with Gasteiger partial charge in [-0.05, 0) is 12.8 Å². The molecule has 0 spiro atoms. The molecular formula is C11H21IN4S. The molecule has 0 amide bonds. The number of aryl methyl sites for hydroxylation is 1. The van der Waals surface area contributed by atoms with Crippen LogP contribution in [0.25, 0.3) is 0 Å². The van der Waals surface area contributed by atoms with Gasteiger partial charge in [-0.2, -0.15) is 0 Å². The Kier molecular flexibility index (Phi) is 8.49. The second-order valence-electron chi connectivity index (χ2n) is 4.06. The Morgan fingerprint density at radius 1 is 1.47 bits per heavy atom. The van der Waals surface area contributed by atoms with Gasteiger partial charge in [0.15, 0.2) is 5.96 Å². The lowest BCUT2D eigenvalue weighted by atomic mass is 10.2. The molecule has 0 aliphatic rings. The number of aliphatic imine (C=N–C) groups is 1. The van der Waals surface area contributed by atoms with Gasteiger partial charge in [0.25, 0.3) is 0 Å². The summed E-state index contributed by atoms with van der Waals surface area (Å²) in [6, 6.07) is 0. The third-order valence-electron chi connectivity index (χ3n) is 2.16. The molecule has 1 heterocycles. The highest BCUT2D eigenvalue weighted by Crippen LogP contribution is 2.10. The topological polar surface area (TPSA) is 49.3 Å². The Morgan fingerprint density at radius 2 is 2.18 bits per heavy atom. The fraction of sp³-hybridized carbons (Fsp3) is 0.636. The van der Waals surface area contributed by atoms with Crippen molar-refractivity contribution in [2.45, 2.75) is 27.3 Å². The largest absolute Gasteiger partial charge is 0.356 e. The van der Waals surface area contributed by atoms with Crippen LogP contribution in [0.5, 0.6) is 0 Å². The SMILES string of the molecule is CN=C(NCc1scnc1C)NCC(C)C.I. The van der Waals surface area contributed by atoms with Crippen LogP contribution >= 0.6 is 35.3 Å². The summed E-state index contributed by atoms with van der Waals surface area (Å²) in [5.74, 6) is 1.46. The van der Waals surface area contributed by atoms with E-state index in [0.29, 0.717) is 5.92 Å². The molecule has 0 aromatic carbocycles. The van der Waals surface area contributed by atoms with Gasteiger partial charge in [0.05, 0.1) is 17.7 Å². The van der Waals surface area contributed by atoms with Gasteiger partial charge in [-0.1, -0.05) is 13.8 Å². The maximum absolute atomic E-state index is 4.21. The molecule has 0 unspecified atom stereocenters. The Balaban J connectivity index is 0.00000256. The zero-order valence-electron chi connectivity index (χ0n) is 10.8. The molecule has 6 heteroatoms. The first-order valence-corrected chi connectivity index (χ1v) is 6.35. The van der Waals surface area contributed by atoms with Crippen LogP contribution in [0.3, 0.4) is 0 Å². The van der Waals surface area contributed by atoms with Crippen molar-refractivity contribution in [3.05, 3.63) is 16.1 Å². The average Bonchev–Trinajstić information content (AvgIpc) is 2.64. The molecule has 0 fully saturated rings.